The normalized spacial score (nSPS) is 17.2. The standard InChI is InChI=1S/C28H23ClN2O4S/c1-4-35-20-10-6-8-18(14-20)25(32)22-24(17-7-5-9-19(29)13-17)31(27(34)26(22)33)28-30-23-16(3)11-15(2)12-21(23)36-28/h5-14,24,32H,4H2,1-3H3. The predicted octanol–water partition coefficient (Wildman–Crippen LogP) is 6.59. The third-order valence-electron chi connectivity index (χ3n) is 6.05. The summed E-state index contributed by atoms with van der Waals surface area (Å²) in [4.78, 5) is 33.0. The molecular formula is C28H23ClN2O4S. The molecule has 1 aliphatic rings. The lowest BCUT2D eigenvalue weighted by Gasteiger charge is -2.23. The molecule has 1 atom stereocenters. The quantitative estimate of drug-likeness (QED) is 0.183. The Morgan fingerprint density at radius 3 is 2.64 bits per heavy atom. The number of nitrogens with zero attached hydrogens (tertiary/aromatic N) is 2. The van der Waals surface area contributed by atoms with Gasteiger partial charge < -0.3 is 9.84 Å². The highest BCUT2D eigenvalue weighted by molar-refractivity contribution is 7.22. The summed E-state index contributed by atoms with van der Waals surface area (Å²) in [5.41, 5.74) is 3.78. The molecule has 2 heterocycles. The molecular weight excluding hydrogens is 496 g/mol. The molecule has 0 aliphatic carbocycles. The van der Waals surface area contributed by atoms with Crippen LogP contribution in [-0.4, -0.2) is 28.4 Å². The van der Waals surface area contributed by atoms with E-state index in [4.69, 9.17) is 21.3 Å². The number of ether oxygens (including phenoxy) is 1. The van der Waals surface area contributed by atoms with E-state index in [1.807, 2.05) is 32.9 Å². The summed E-state index contributed by atoms with van der Waals surface area (Å²) in [6.07, 6.45) is 0. The highest BCUT2D eigenvalue weighted by Gasteiger charge is 2.48. The second-order valence-electron chi connectivity index (χ2n) is 8.61. The van der Waals surface area contributed by atoms with Crippen LogP contribution in [0.5, 0.6) is 5.75 Å². The number of benzene rings is 3. The summed E-state index contributed by atoms with van der Waals surface area (Å²) in [7, 11) is 0. The van der Waals surface area contributed by atoms with Gasteiger partial charge in [0, 0.05) is 10.6 Å². The van der Waals surface area contributed by atoms with E-state index >= 15 is 0 Å². The Morgan fingerprint density at radius 1 is 1.11 bits per heavy atom. The van der Waals surface area contributed by atoms with Crippen LogP contribution < -0.4 is 9.64 Å². The molecule has 0 radical (unpaired) electrons. The monoisotopic (exact) mass is 518 g/mol. The van der Waals surface area contributed by atoms with Crippen LogP contribution >= 0.6 is 22.9 Å². The van der Waals surface area contributed by atoms with Gasteiger partial charge in [-0.1, -0.05) is 53.3 Å². The third kappa shape index (κ3) is 4.14. The Hall–Kier alpha value is -3.68. The van der Waals surface area contributed by atoms with Crippen LogP contribution in [0.25, 0.3) is 16.0 Å². The molecule has 36 heavy (non-hydrogen) atoms. The first kappa shape index (κ1) is 24.0. The molecule has 1 amide bonds. The molecule has 8 heteroatoms. The number of aliphatic hydroxyl groups excluding tert-OH is 1. The van der Waals surface area contributed by atoms with Gasteiger partial charge in [-0.2, -0.15) is 0 Å². The number of aromatic nitrogens is 1. The van der Waals surface area contributed by atoms with E-state index in [1.54, 1.807) is 48.5 Å². The molecule has 1 saturated heterocycles. The number of fused-ring (bicyclic) bond motifs is 1. The van der Waals surface area contributed by atoms with Crippen LogP contribution in [0.15, 0.2) is 66.2 Å². The topological polar surface area (TPSA) is 79.7 Å². The Balaban J connectivity index is 1.73. The maximum Gasteiger partial charge on any atom is 0.301 e. The SMILES string of the molecule is CCOc1cccc(C(O)=C2C(=O)C(=O)N(c3nc4c(C)cc(C)cc4s3)C2c2cccc(Cl)c2)c1. The number of aryl methyl sites for hydroxylation is 2. The van der Waals surface area contributed by atoms with E-state index < -0.39 is 17.7 Å². The van der Waals surface area contributed by atoms with E-state index in [0.29, 0.717) is 33.6 Å². The van der Waals surface area contributed by atoms with Crippen molar-refractivity contribution in [1.82, 2.24) is 4.98 Å². The van der Waals surface area contributed by atoms with E-state index in [1.165, 1.54) is 16.2 Å². The summed E-state index contributed by atoms with van der Waals surface area (Å²) in [5, 5.41) is 12.2. The minimum absolute atomic E-state index is 0.0249. The lowest BCUT2D eigenvalue weighted by Crippen LogP contribution is -2.29. The van der Waals surface area contributed by atoms with E-state index in [2.05, 4.69) is 0 Å². The van der Waals surface area contributed by atoms with E-state index in [-0.39, 0.29) is 11.3 Å². The minimum atomic E-state index is -0.901. The van der Waals surface area contributed by atoms with Crippen LogP contribution in [0.2, 0.25) is 5.02 Å². The third-order valence-corrected chi connectivity index (χ3v) is 7.29. The lowest BCUT2D eigenvalue weighted by molar-refractivity contribution is -0.132. The van der Waals surface area contributed by atoms with Gasteiger partial charge in [-0.05, 0) is 67.8 Å². The van der Waals surface area contributed by atoms with Gasteiger partial charge in [-0.3, -0.25) is 14.5 Å². The van der Waals surface area contributed by atoms with Crippen LogP contribution in [0, 0.1) is 13.8 Å². The Labute approximate surface area is 217 Å². The van der Waals surface area contributed by atoms with E-state index in [9.17, 15) is 14.7 Å². The Bertz CT molecular complexity index is 1560. The molecule has 0 saturated carbocycles. The fraction of sp³-hybridized carbons (Fsp3) is 0.179. The second kappa shape index (κ2) is 9.41. The molecule has 5 rings (SSSR count). The van der Waals surface area contributed by atoms with Crippen molar-refractivity contribution < 1.29 is 19.4 Å². The zero-order chi connectivity index (χ0) is 25.6. The largest absolute Gasteiger partial charge is 0.507 e. The summed E-state index contributed by atoms with van der Waals surface area (Å²) in [5.74, 6) is -1.27. The number of rotatable bonds is 5. The highest BCUT2D eigenvalue weighted by atomic mass is 35.5. The van der Waals surface area contributed by atoms with Gasteiger partial charge >= 0.3 is 5.91 Å². The van der Waals surface area contributed by atoms with Gasteiger partial charge in [0.05, 0.1) is 28.4 Å². The number of Topliss-reactive ketones (excluding diaryl/α,β-unsaturated/α-hetero) is 1. The van der Waals surface area contributed by atoms with Crippen molar-refractivity contribution in [3.63, 3.8) is 0 Å². The molecule has 1 N–H and O–H groups in total. The molecule has 6 nitrogen and oxygen atoms in total. The van der Waals surface area contributed by atoms with Crippen LogP contribution in [-0.2, 0) is 9.59 Å². The van der Waals surface area contributed by atoms with Crippen LogP contribution in [0.1, 0.15) is 35.2 Å². The number of aliphatic hydroxyl groups is 1. The van der Waals surface area contributed by atoms with Crippen molar-refractivity contribution in [1.29, 1.82) is 0 Å². The van der Waals surface area contributed by atoms with Crippen molar-refractivity contribution in [3.05, 3.63) is 93.5 Å². The average molecular weight is 519 g/mol. The molecule has 0 bridgehead atoms. The number of amides is 1. The molecule has 1 aromatic heterocycles. The maximum absolute atomic E-state index is 13.5. The Kier molecular flexibility index (Phi) is 6.28. The summed E-state index contributed by atoms with van der Waals surface area (Å²) >= 11 is 7.63. The van der Waals surface area contributed by atoms with Gasteiger partial charge in [0.1, 0.15) is 11.5 Å². The van der Waals surface area contributed by atoms with Gasteiger partial charge in [-0.15, -0.1) is 0 Å². The van der Waals surface area contributed by atoms with Crippen LogP contribution in [0.3, 0.4) is 0 Å². The van der Waals surface area contributed by atoms with Crippen molar-refractivity contribution in [2.75, 3.05) is 11.5 Å². The number of ketones is 1. The first-order chi connectivity index (χ1) is 17.3. The minimum Gasteiger partial charge on any atom is -0.507 e. The van der Waals surface area contributed by atoms with Crippen LogP contribution in [0.4, 0.5) is 5.13 Å². The summed E-state index contributed by atoms with van der Waals surface area (Å²) in [6, 6.07) is 16.9. The number of hydrogen-bond donors (Lipinski definition) is 1. The fourth-order valence-corrected chi connectivity index (χ4v) is 5.91. The maximum atomic E-state index is 13.5. The van der Waals surface area contributed by atoms with Gasteiger partial charge in [0.15, 0.2) is 5.13 Å². The zero-order valence-corrected chi connectivity index (χ0v) is 21.5. The number of hydrogen-bond acceptors (Lipinski definition) is 6. The molecule has 3 aromatic carbocycles. The number of carbonyl (C=O) groups is 2. The van der Waals surface area contributed by atoms with Gasteiger partial charge in [0.2, 0.25) is 0 Å². The first-order valence-electron chi connectivity index (χ1n) is 11.5. The number of carbonyl (C=O) groups excluding carboxylic acids is 2. The number of halogens is 1. The fourth-order valence-electron chi connectivity index (χ4n) is 4.54. The van der Waals surface area contributed by atoms with Crippen molar-refractivity contribution in [2.24, 2.45) is 0 Å². The molecule has 4 aromatic rings. The second-order valence-corrected chi connectivity index (χ2v) is 10.1. The first-order valence-corrected chi connectivity index (χ1v) is 12.7. The number of thiazole rings is 1. The predicted molar refractivity (Wildman–Crippen MR) is 143 cm³/mol. The van der Waals surface area contributed by atoms with Gasteiger partial charge in [0.25, 0.3) is 5.78 Å². The summed E-state index contributed by atoms with van der Waals surface area (Å²) < 4.78 is 6.47. The Morgan fingerprint density at radius 2 is 1.89 bits per heavy atom. The van der Waals surface area contributed by atoms with Gasteiger partial charge in [-0.25, -0.2) is 4.98 Å². The summed E-state index contributed by atoms with van der Waals surface area (Å²) in [6.45, 7) is 6.28. The molecule has 1 aliphatic heterocycles. The van der Waals surface area contributed by atoms with Crippen molar-refractivity contribution in [3.8, 4) is 5.75 Å². The zero-order valence-electron chi connectivity index (χ0n) is 19.9. The molecule has 1 unspecified atom stereocenters. The highest BCUT2D eigenvalue weighted by Crippen LogP contribution is 2.45. The average Bonchev–Trinajstić information content (AvgIpc) is 3.38. The smallest absolute Gasteiger partial charge is 0.301 e. The lowest BCUT2D eigenvalue weighted by atomic mass is 9.95. The molecule has 1 fully saturated rings. The van der Waals surface area contributed by atoms with Crippen molar-refractivity contribution >= 4 is 55.7 Å². The molecule has 0 spiro atoms. The van der Waals surface area contributed by atoms with E-state index in [0.717, 1.165) is 21.3 Å². The molecule has 182 valence electrons. The van der Waals surface area contributed by atoms with Crippen molar-refractivity contribution in [2.45, 2.75) is 26.8 Å². The number of anilines is 1.